The second-order valence-electron chi connectivity index (χ2n) is 5.33. The average Bonchev–Trinajstić information content (AvgIpc) is 2.61. The molecule has 2 heterocycles. The van der Waals surface area contributed by atoms with Gasteiger partial charge in [0.15, 0.2) is 0 Å². The van der Waals surface area contributed by atoms with Crippen molar-refractivity contribution in [1.82, 2.24) is 4.98 Å². The molecule has 8 heteroatoms. The Hall–Kier alpha value is -2.85. The number of benzene rings is 1. The molecule has 2 aromatic rings. The van der Waals surface area contributed by atoms with Gasteiger partial charge in [-0.25, -0.2) is 4.98 Å². The van der Waals surface area contributed by atoms with Crippen molar-refractivity contribution >= 4 is 28.8 Å². The van der Waals surface area contributed by atoms with E-state index in [0.29, 0.717) is 23.9 Å². The van der Waals surface area contributed by atoms with Crippen LogP contribution in [0.2, 0.25) is 5.02 Å². The second kappa shape index (κ2) is 6.72. The minimum absolute atomic E-state index is 0.161. The van der Waals surface area contributed by atoms with Gasteiger partial charge in [-0.2, -0.15) is 5.26 Å². The third-order valence-electron chi connectivity index (χ3n) is 3.96. The van der Waals surface area contributed by atoms with Crippen molar-refractivity contribution in [3.05, 3.63) is 57.2 Å². The van der Waals surface area contributed by atoms with Crippen molar-refractivity contribution in [2.45, 2.75) is 0 Å². The monoisotopic (exact) mass is 343 g/mol. The number of para-hydroxylation sites is 1. The van der Waals surface area contributed by atoms with Gasteiger partial charge in [-0.3, -0.25) is 10.1 Å². The average molecular weight is 344 g/mol. The molecule has 7 nitrogen and oxygen atoms in total. The highest BCUT2D eigenvalue weighted by Gasteiger charge is 2.22. The van der Waals surface area contributed by atoms with E-state index in [4.69, 9.17) is 16.9 Å². The molecule has 1 aliphatic rings. The van der Waals surface area contributed by atoms with Crippen LogP contribution in [0.4, 0.5) is 17.2 Å². The van der Waals surface area contributed by atoms with E-state index in [9.17, 15) is 10.1 Å². The van der Waals surface area contributed by atoms with Crippen molar-refractivity contribution in [2.24, 2.45) is 0 Å². The van der Waals surface area contributed by atoms with Gasteiger partial charge in [0.05, 0.1) is 15.6 Å². The number of nitriles is 1. The lowest BCUT2D eigenvalue weighted by Crippen LogP contribution is -2.47. The van der Waals surface area contributed by atoms with E-state index in [2.05, 4.69) is 9.88 Å². The quantitative estimate of drug-likeness (QED) is 0.629. The number of rotatable bonds is 3. The van der Waals surface area contributed by atoms with Crippen LogP contribution in [0.5, 0.6) is 0 Å². The molecule has 1 saturated heterocycles. The number of aromatic nitrogens is 1. The predicted octanol–water partition coefficient (Wildman–Crippen LogP) is 2.84. The van der Waals surface area contributed by atoms with Crippen LogP contribution in [0.3, 0.4) is 0 Å². The molecule has 0 bridgehead atoms. The van der Waals surface area contributed by atoms with Crippen LogP contribution in [0.15, 0.2) is 36.4 Å². The molecule has 0 atom stereocenters. The van der Waals surface area contributed by atoms with Gasteiger partial charge >= 0.3 is 5.69 Å². The zero-order valence-electron chi connectivity index (χ0n) is 12.7. The van der Waals surface area contributed by atoms with Crippen molar-refractivity contribution in [3.63, 3.8) is 0 Å². The zero-order chi connectivity index (χ0) is 17.1. The Kier molecular flexibility index (Phi) is 4.49. The Morgan fingerprint density at radius 2 is 1.79 bits per heavy atom. The number of anilines is 2. The highest BCUT2D eigenvalue weighted by Crippen LogP contribution is 2.27. The molecule has 1 aliphatic heterocycles. The van der Waals surface area contributed by atoms with Crippen molar-refractivity contribution in [3.8, 4) is 6.07 Å². The number of pyridine rings is 1. The molecule has 1 aromatic heterocycles. The lowest BCUT2D eigenvalue weighted by atomic mass is 10.2. The van der Waals surface area contributed by atoms with Crippen LogP contribution in [0, 0.1) is 21.4 Å². The Morgan fingerprint density at radius 1 is 1.12 bits per heavy atom. The number of hydrogen-bond acceptors (Lipinski definition) is 6. The maximum atomic E-state index is 10.9. The number of halogens is 1. The number of nitrogens with zero attached hydrogens (tertiary/aromatic N) is 5. The van der Waals surface area contributed by atoms with E-state index in [1.807, 2.05) is 29.2 Å². The summed E-state index contributed by atoms with van der Waals surface area (Å²) in [6.45, 7) is 2.90. The summed E-state index contributed by atoms with van der Waals surface area (Å²) < 4.78 is 0. The molecule has 0 spiro atoms. The fourth-order valence-electron chi connectivity index (χ4n) is 2.73. The number of hydrogen-bond donors (Lipinski definition) is 0. The summed E-state index contributed by atoms with van der Waals surface area (Å²) in [7, 11) is 0. The van der Waals surface area contributed by atoms with Crippen molar-refractivity contribution < 1.29 is 4.92 Å². The van der Waals surface area contributed by atoms with Crippen molar-refractivity contribution in [1.29, 1.82) is 5.26 Å². The Bertz CT molecular complexity index is 812. The van der Waals surface area contributed by atoms with Gasteiger partial charge < -0.3 is 9.80 Å². The molecule has 1 fully saturated rings. The molecule has 0 saturated carbocycles. The van der Waals surface area contributed by atoms with Crippen LogP contribution in [-0.4, -0.2) is 36.1 Å². The standard InChI is InChI=1S/C16H14ClN5O2/c17-12-3-1-2-4-14(12)20-7-9-21(10-8-20)16-6-5-15(22(23)24)13(11-18)19-16/h1-6H,7-10H2. The van der Waals surface area contributed by atoms with E-state index < -0.39 is 4.92 Å². The summed E-state index contributed by atoms with van der Waals surface area (Å²) in [6.07, 6.45) is 0. The van der Waals surface area contributed by atoms with Crippen molar-refractivity contribution in [2.75, 3.05) is 36.0 Å². The summed E-state index contributed by atoms with van der Waals surface area (Å²) in [6, 6.07) is 12.4. The molecular formula is C16H14ClN5O2. The summed E-state index contributed by atoms with van der Waals surface area (Å²) in [5, 5.41) is 20.6. The molecule has 1 aromatic carbocycles. The van der Waals surface area contributed by atoms with E-state index in [0.717, 1.165) is 18.8 Å². The Labute approximate surface area is 143 Å². The Balaban J connectivity index is 1.74. The van der Waals surface area contributed by atoms with Crippen LogP contribution in [-0.2, 0) is 0 Å². The summed E-state index contributed by atoms with van der Waals surface area (Å²) >= 11 is 6.23. The third kappa shape index (κ3) is 3.09. The summed E-state index contributed by atoms with van der Waals surface area (Å²) in [5.41, 5.74) is 0.565. The first-order chi connectivity index (χ1) is 11.6. The molecular weight excluding hydrogens is 330 g/mol. The fourth-order valence-corrected chi connectivity index (χ4v) is 2.99. The lowest BCUT2D eigenvalue weighted by Gasteiger charge is -2.37. The third-order valence-corrected chi connectivity index (χ3v) is 4.28. The summed E-state index contributed by atoms with van der Waals surface area (Å²) in [4.78, 5) is 18.6. The van der Waals surface area contributed by atoms with E-state index in [-0.39, 0.29) is 11.4 Å². The maximum Gasteiger partial charge on any atom is 0.305 e. The predicted molar refractivity (Wildman–Crippen MR) is 91.5 cm³/mol. The molecule has 0 amide bonds. The largest absolute Gasteiger partial charge is 0.367 e. The highest BCUT2D eigenvalue weighted by atomic mass is 35.5. The van der Waals surface area contributed by atoms with Crippen LogP contribution >= 0.6 is 11.6 Å². The smallest absolute Gasteiger partial charge is 0.305 e. The molecule has 0 radical (unpaired) electrons. The van der Waals surface area contributed by atoms with Gasteiger partial charge in [0, 0.05) is 32.2 Å². The fraction of sp³-hybridized carbons (Fsp3) is 0.250. The van der Waals surface area contributed by atoms with Crippen LogP contribution < -0.4 is 9.80 Å². The Morgan fingerprint density at radius 3 is 2.42 bits per heavy atom. The van der Waals surface area contributed by atoms with E-state index in [1.54, 1.807) is 12.1 Å². The van der Waals surface area contributed by atoms with Gasteiger partial charge in [-0.05, 0) is 18.2 Å². The molecule has 0 N–H and O–H groups in total. The topological polar surface area (TPSA) is 86.3 Å². The number of piperazine rings is 1. The highest BCUT2D eigenvalue weighted by molar-refractivity contribution is 6.33. The van der Waals surface area contributed by atoms with Gasteiger partial charge in [-0.1, -0.05) is 23.7 Å². The minimum Gasteiger partial charge on any atom is -0.367 e. The maximum absolute atomic E-state index is 10.9. The zero-order valence-corrected chi connectivity index (χ0v) is 13.5. The SMILES string of the molecule is N#Cc1nc(N2CCN(c3ccccc3Cl)CC2)ccc1[N+](=O)[O-]. The van der Waals surface area contributed by atoms with Gasteiger partial charge in [0.25, 0.3) is 0 Å². The molecule has 0 unspecified atom stereocenters. The minimum atomic E-state index is -0.593. The van der Waals surface area contributed by atoms with Gasteiger partial charge in [-0.15, -0.1) is 0 Å². The first-order valence-corrected chi connectivity index (χ1v) is 7.78. The number of nitro groups is 1. The van der Waals surface area contributed by atoms with Crippen LogP contribution in [0.1, 0.15) is 5.69 Å². The second-order valence-corrected chi connectivity index (χ2v) is 5.74. The van der Waals surface area contributed by atoms with E-state index >= 15 is 0 Å². The van der Waals surface area contributed by atoms with Gasteiger partial charge in [0.1, 0.15) is 11.9 Å². The van der Waals surface area contributed by atoms with Gasteiger partial charge in [0.2, 0.25) is 5.69 Å². The molecule has 24 heavy (non-hydrogen) atoms. The molecule has 0 aliphatic carbocycles. The summed E-state index contributed by atoms with van der Waals surface area (Å²) in [5.74, 6) is 0.580. The van der Waals surface area contributed by atoms with E-state index in [1.165, 1.54) is 6.07 Å². The lowest BCUT2D eigenvalue weighted by molar-refractivity contribution is -0.385. The molecule has 122 valence electrons. The van der Waals surface area contributed by atoms with Crippen LogP contribution in [0.25, 0.3) is 0 Å². The normalized spacial score (nSPS) is 14.3. The molecule has 3 rings (SSSR count). The first kappa shape index (κ1) is 16.0. The first-order valence-electron chi connectivity index (χ1n) is 7.40.